The normalized spacial score (nSPS) is 21.9. The molecule has 0 aliphatic carbocycles. The van der Waals surface area contributed by atoms with E-state index in [1.807, 2.05) is 18.2 Å². The van der Waals surface area contributed by atoms with Crippen LogP contribution in [-0.4, -0.2) is 23.2 Å². The maximum absolute atomic E-state index is 5.79. The molecule has 1 aromatic rings. The van der Waals surface area contributed by atoms with Crippen LogP contribution < -0.4 is 11.1 Å². The number of halogens is 1. The molecule has 5 heteroatoms. The predicted molar refractivity (Wildman–Crippen MR) is 86.7 cm³/mol. The molecule has 2 rings (SSSR count). The van der Waals surface area contributed by atoms with Crippen molar-refractivity contribution in [2.75, 3.05) is 11.9 Å². The van der Waals surface area contributed by atoms with Crippen LogP contribution in [0.1, 0.15) is 32.3 Å². The van der Waals surface area contributed by atoms with Crippen LogP contribution in [0.5, 0.6) is 0 Å². The summed E-state index contributed by atoms with van der Waals surface area (Å²) in [6.07, 6.45) is 1.97. The summed E-state index contributed by atoms with van der Waals surface area (Å²) >= 11 is 8.56. The Morgan fingerprint density at radius 1 is 1.53 bits per heavy atom. The lowest BCUT2D eigenvalue weighted by atomic mass is 9.93. The van der Waals surface area contributed by atoms with Gasteiger partial charge in [-0.25, -0.2) is 0 Å². The second-order valence-electron chi connectivity index (χ2n) is 5.50. The predicted octanol–water partition coefficient (Wildman–Crippen LogP) is 3.45. The lowest BCUT2D eigenvalue weighted by Gasteiger charge is -2.36. The quantitative estimate of drug-likeness (QED) is 0.826. The Balaban J connectivity index is 2.17. The van der Waals surface area contributed by atoms with E-state index >= 15 is 0 Å². The average Bonchev–Trinajstić information content (AvgIpc) is 2.30. The number of thiocarbonyl (C=S) groups is 1. The fourth-order valence-corrected chi connectivity index (χ4v) is 2.95. The average molecular weight is 343 g/mol. The molecule has 19 heavy (non-hydrogen) atoms. The van der Waals surface area contributed by atoms with Gasteiger partial charge < -0.3 is 15.8 Å². The van der Waals surface area contributed by atoms with Crippen molar-refractivity contribution in [1.82, 2.24) is 0 Å². The van der Waals surface area contributed by atoms with E-state index in [0.29, 0.717) is 11.0 Å². The van der Waals surface area contributed by atoms with Crippen LogP contribution in [0.25, 0.3) is 0 Å². The number of hydrogen-bond donors (Lipinski definition) is 2. The lowest BCUT2D eigenvalue weighted by molar-refractivity contribution is -0.0553. The van der Waals surface area contributed by atoms with Gasteiger partial charge in [-0.15, -0.1) is 0 Å². The standard InChI is InChI=1S/C14H19BrN2OS/c1-14(2)8-10(5-6-18-14)17-12-4-3-9(15)7-11(12)13(16)19/h3-4,7,10,17H,5-6,8H2,1-2H3,(H2,16,19). The topological polar surface area (TPSA) is 47.3 Å². The largest absolute Gasteiger partial charge is 0.389 e. The van der Waals surface area contributed by atoms with Crippen molar-refractivity contribution in [2.24, 2.45) is 5.73 Å². The molecule has 1 aromatic carbocycles. The highest BCUT2D eigenvalue weighted by molar-refractivity contribution is 9.10. The zero-order valence-corrected chi connectivity index (χ0v) is 13.6. The zero-order chi connectivity index (χ0) is 14.0. The molecule has 1 saturated heterocycles. The van der Waals surface area contributed by atoms with Crippen molar-refractivity contribution in [3.05, 3.63) is 28.2 Å². The van der Waals surface area contributed by atoms with Gasteiger partial charge in [-0.05, 0) is 44.9 Å². The van der Waals surface area contributed by atoms with E-state index < -0.39 is 0 Å². The summed E-state index contributed by atoms with van der Waals surface area (Å²) in [5.74, 6) is 0. The molecular weight excluding hydrogens is 324 g/mol. The summed E-state index contributed by atoms with van der Waals surface area (Å²) in [7, 11) is 0. The van der Waals surface area contributed by atoms with Crippen molar-refractivity contribution >= 4 is 38.8 Å². The molecule has 3 N–H and O–H groups in total. The minimum atomic E-state index is -0.0747. The molecule has 1 fully saturated rings. The molecule has 1 heterocycles. The molecule has 104 valence electrons. The van der Waals surface area contributed by atoms with Gasteiger partial charge in [0.25, 0.3) is 0 Å². The maximum Gasteiger partial charge on any atom is 0.106 e. The molecule has 1 aliphatic rings. The summed E-state index contributed by atoms with van der Waals surface area (Å²) in [5, 5.41) is 3.55. The van der Waals surface area contributed by atoms with Crippen LogP contribution in [0, 0.1) is 0 Å². The van der Waals surface area contributed by atoms with Crippen molar-refractivity contribution < 1.29 is 4.74 Å². The summed E-state index contributed by atoms with van der Waals surface area (Å²) in [5.41, 5.74) is 7.59. The van der Waals surface area contributed by atoms with Gasteiger partial charge >= 0.3 is 0 Å². The molecule has 0 bridgehead atoms. The first-order valence-corrected chi connectivity index (χ1v) is 7.57. The van der Waals surface area contributed by atoms with Gasteiger partial charge in [-0.1, -0.05) is 28.1 Å². The third kappa shape index (κ3) is 3.91. The molecule has 0 spiro atoms. The third-order valence-electron chi connectivity index (χ3n) is 3.30. The van der Waals surface area contributed by atoms with E-state index in [1.165, 1.54) is 0 Å². The summed E-state index contributed by atoms with van der Waals surface area (Å²) in [6.45, 7) is 5.03. The van der Waals surface area contributed by atoms with Crippen molar-refractivity contribution in [2.45, 2.75) is 38.3 Å². The first-order valence-electron chi connectivity index (χ1n) is 6.37. The Labute approximate surface area is 128 Å². The van der Waals surface area contributed by atoms with Crippen LogP contribution >= 0.6 is 28.1 Å². The van der Waals surface area contributed by atoms with E-state index in [4.69, 9.17) is 22.7 Å². The van der Waals surface area contributed by atoms with Crippen LogP contribution in [0.15, 0.2) is 22.7 Å². The molecule has 0 radical (unpaired) electrons. The Bertz CT molecular complexity index is 490. The molecular formula is C14H19BrN2OS. The van der Waals surface area contributed by atoms with Gasteiger partial charge in [0.2, 0.25) is 0 Å². The van der Waals surface area contributed by atoms with E-state index in [-0.39, 0.29) is 5.60 Å². The molecule has 1 aliphatic heterocycles. The van der Waals surface area contributed by atoms with Gasteiger partial charge in [0.1, 0.15) is 4.99 Å². The molecule has 0 aromatic heterocycles. The van der Waals surface area contributed by atoms with Gasteiger partial charge in [0, 0.05) is 28.4 Å². The Hall–Kier alpha value is -0.650. The Kier molecular flexibility index (Phi) is 4.48. The van der Waals surface area contributed by atoms with Gasteiger partial charge in [0.15, 0.2) is 0 Å². The smallest absolute Gasteiger partial charge is 0.106 e. The fourth-order valence-electron chi connectivity index (χ4n) is 2.42. The highest BCUT2D eigenvalue weighted by Gasteiger charge is 2.29. The van der Waals surface area contributed by atoms with Gasteiger partial charge in [0.05, 0.1) is 5.60 Å². The van der Waals surface area contributed by atoms with E-state index in [1.54, 1.807) is 0 Å². The number of rotatable bonds is 3. The number of nitrogens with two attached hydrogens (primary N) is 1. The molecule has 3 nitrogen and oxygen atoms in total. The Morgan fingerprint density at radius 2 is 2.26 bits per heavy atom. The first-order chi connectivity index (χ1) is 8.87. The van der Waals surface area contributed by atoms with Crippen LogP contribution in [0.3, 0.4) is 0 Å². The van der Waals surface area contributed by atoms with Gasteiger partial charge in [-0.3, -0.25) is 0 Å². The molecule has 0 saturated carbocycles. The number of hydrogen-bond acceptors (Lipinski definition) is 3. The van der Waals surface area contributed by atoms with Crippen LogP contribution in [0.4, 0.5) is 5.69 Å². The van der Waals surface area contributed by atoms with Gasteiger partial charge in [-0.2, -0.15) is 0 Å². The molecule has 1 atom stereocenters. The van der Waals surface area contributed by atoms with Crippen molar-refractivity contribution in [3.8, 4) is 0 Å². The lowest BCUT2D eigenvalue weighted by Crippen LogP contribution is -2.40. The fraction of sp³-hybridized carbons (Fsp3) is 0.500. The maximum atomic E-state index is 5.79. The first kappa shape index (κ1) is 14.8. The van der Waals surface area contributed by atoms with Crippen LogP contribution in [0.2, 0.25) is 0 Å². The SMILES string of the molecule is CC1(C)CC(Nc2ccc(Br)cc2C(N)=S)CCO1. The van der Waals surface area contributed by atoms with E-state index in [2.05, 4.69) is 35.1 Å². The third-order valence-corrected chi connectivity index (χ3v) is 4.02. The Morgan fingerprint density at radius 3 is 2.89 bits per heavy atom. The van der Waals surface area contributed by atoms with Crippen LogP contribution in [-0.2, 0) is 4.74 Å². The minimum Gasteiger partial charge on any atom is -0.389 e. The van der Waals surface area contributed by atoms with Crippen molar-refractivity contribution in [1.29, 1.82) is 0 Å². The summed E-state index contributed by atoms with van der Waals surface area (Å²) in [6, 6.07) is 6.35. The number of nitrogens with one attached hydrogen (secondary N) is 1. The zero-order valence-electron chi connectivity index (χ0n) is 11.2. The van der Waals surface area contributed by atoms with E-state index in [0.717, 1.165) is 35.2 Å². The number of ether oxygens (including phenoxy) is 1. The van der Waals surface area contributed by atoms with E-state index in [9.17, 15) is 0 Å². The molecule has 1 unspecified atom stereocenters. The van der Waals surface area contributed by atoms with Crippen molar-refractivity contribution in [3.63, 3.8) is 0 Å². The number of benzene rings is 1. The second kappa shape index (κ2) is 5.77. The monoisotopic (exact) mass is 342 g/mol. The number of anilines is 1. The summed E-state index contributed by atoms with van der Waals surface area (Å²) < 4.78 is 6.71. The molecule has 0 amide bonds. The summed E-state index contributed by atoms with van der Waals surface area (Å²) in [4.78, 5) is 0.412. The highest BCUT2D eigenvalue weighted by Crippen LogP contribution is 2.28. The minimum absolute atomic E-state index is 0.0747. The highest BCUT2D eigenvalue weighted by atomic mass is 79.9. The second-order valence-corrected chi connectivity index (χ2v) is 6.85.